The number of esters is 2. The molecule has 0 saturated carbocycles. The van der Waals surface area contributed by atoms with E-state index in [0.717, 1.165) is 83.1 Å². The van der Waals surface area contributed by atoms with E-state index in [4.69, 9.17) is 18.9 Å². The van der Waals surface area contributed by atoms with E-state index in [1.807, 2.05) is 7.05 Å². The van der Waals surface area contributed by atoms with E-state index in [1.54, 1.807) is 0 Å². The summed E-state index contributed by atoms with van der Waals surface area (Å²) in [6.07, 6.45) is 40.3. The Labute approximate surface area is 363 Å². The largest absolute Gasteiger partial charge is 0.465 e. The molecule has 1 rings (SSSR count). The lowest BCUT2D eigenvalue weighted by molar-refractivity contribution is -0.161. The van der Waals surface area contributed by atoms with Gasteiger partial charge >= 0.3 is 11.9 Å². The molecule has 0 aromatic heterocycles. The highest BCUT2D eigenvalue weighted by atomic mass is 16.7. The van der Waals surface area contributed by atoms with Crippen molar-refractivity contribution < 1.29 is 33.3 Å². The number of nitrogens with zero attached hydrogens (tertiary/aromatic N) is 1. The Morgan fingerprint density at radius 2 is 1.24 bits per heavy atom. The fourth-order valence-electron chi connectivity index (χ4n) is 7.67. The van der Waals surface area contributed by atoms with Crippen molar-refractivity contribution in [3.8, 4) is 0 Å². The topological polar surface area (TPSA) is 91.4 Å². The van der Waals surface area contributed by atoms with E-state index in [-0.39, 0.29) is 49.3 Å². The first kappa shape index (κ1) is 54.7. The Kier molecular flexibility index (Phi) is 36.9. The summed E-state index contributed by atoms with van der Waals surface area (Å²) in [7, 11) is 2.02. The predicted molar refractivity (Wildman–Crippen MR) is 245 cm³/mol. The normalized spacial score (nSPS) is 16.4. The molecule has 1 heterocycles. The van der Waals surface area contributed by atoms with Crippen LogP contribution >= 0.6 is 0 Å². The summed E-state index contributed by atoms with van der Waals surface area (Å²) in [4.78, 5) is 40.8. The van der Waals surface area contributed by atoms with Gasteiger partial charge in [-0.15, -0.1) is 0 Å². The molecule has 0 amide bonds. The third-order valence-corrected chi connectivity index (χ3v) is 11.5. The Morgan fingerprint density at radius 1 is 0.610 bits per heavy atom. The molecule has 1 aliphatic rings. The van der Waals surface area contributed by atoms with Gasteiger partial charge in [-0.2, -0.15) is 0 Å². The molecule has 0 bridgehead atoms. The number of likely N-dealkylation sites (N-methyl/N-ethyl adjacent to an activating group) is 1. The van der Waals surface area contributed by atoms with Crippen LogP contribution in [0.2, 0.25) is 0 Å². The van der Waals surface area contributed by atoms with Crippen LogP contribution in [0.15, 0.2) is 36.5 Å². The van der Waals surface area contributed by atoms with Crippen LogP contribution in [0.5, 0.6) is 0 Å². The maximum absolute atomic E-state index is 13.0. The number of likely N-dealkylation sites (tertiary alicyclic amines) is 1. The van der Waals surface area contributed by atoms with Crippen molar-refractivity contribution >= 4 is 17.7 Å². The predicted octanol–water partition coefficient (Wildman–Crippen LogP) is 13.2. The molecule has 0 aromatic rings. The number of ether oxygens (including phenoxy) is 4. The Balaban J connectivity index is 2.54. The minimum atomic E-state index is -0.423. The van der Waals surface area contributed by atoms with Crippen molar-refractivity contribution in [3.63, 3.8) is 0 Å². The van der Waals surface area contributed by atoms with Gasteiger partial charge in [-0.1, -0.05) is 141 Å². The molecule has 0 spiro atoms. The maximum Gasteiger partial charge on any atom is 0.305 e. The minimum absolute atomic E-state index is 0.00597. The van der Waals surface area contributed by atoms with Crippen molar-refractivity contribution in [2.45, 2.75) is 220 Å². The number of carbonyl (C=O) groups is 3. The fraction of sp³-hybridized carbons (Fsp3) is 0.824. The van der Waals surface area contributed by atoms with Crippen LogP contribution in [0.1, 0.15) is 207 Å². The number of Topliss-reactive ketones (excluding diaryl/α,β-unsaturated/α-hetero) is 1. The zero-order valence-corrected chi connectivity index (χ0v) is 38.9. The number of unbranched alkanes of at least 4 members (excludes halogenated alkanes) is 12. The number of hydrogen-bond acceptors (Lipinski definition) is 8. The first-order chi connectivity index (χ1) is 28.8. The molecule has 0 aliphatic carbocycles. The second-order valence-corrected chi connectivity index (χ2v) is 17.3. The van der Waals surface area contributed by atoms with Gasteiger partial charge in [-0.25, -0.2) is 0 Å². The maximum atomic E-state index is 13.0. The van der Waals surface area contributed by atoms with Crippen molar-refractivity contribution in [3.05, 3.63) is 36.5 Å². The highest BCUT2D eigenvalue weighted by molar-refractivity contribution is 5.84. The van der Waals surface area contributed by atoms with E-state index in [2.05, 4.69) is 69.1 Å². The number of hydrogen-bond donors (Lipinski definition) is 0. The van der Waals surface area contributed by atoms with Gasteiger partial charge < -0.3 is 18.9 Å². The number of rotatable bonds is 41. The molecule has 8 nitrogen and oxygen atoms in total. The summed E-state index contributed by atoms with van der Waals surface area (Å²) >= 11 is 0. The van der Waals surface area contributed by atoms with Gasteiger partial charge in [0.05, 0.1) is 25.7 Å². The number of carbonyl (C=O) groups excluding carboxylic acids is 3. The molecular weight excluding hydrogens is 739 g/mol. The van der Waals surface area contributed by atoms with E-state index in [9.17, 15) is 14.4 Å². The fourth-order valence-corrected chi connectivity index (χ4v) is 7.67. The molecule has 2 unspecified atom stereocenters. The summed E-state index contributed by atoms with van der Waals surface area (Å²) in [5.74, 6) is 0.349. The summed E-state index contributed by atoms with van der Waals surface area (Å²) in [5.41, 5.74) is 0. The standard InChI is InChI=1S/C51H91NO7/c1-6-9-11-13-15-16-17-18-19-20-21-22-23-24-26-37-49(54)58-43-46(34-30-36-48(53)47-35-31-40-52(47)5)44-59-50(55)38-39-51(56-41-28-25-14-12-10-7-2)57-42-29-27-33-45(4)32-8-3/h15-16,18-21,45-47,51H,6-14,17,22-44H2,1-5H3/b16-15-,19-18-,21-20+/t45-,46?,47-,51?/m1/s1. The average Bonchev–Trinajstić information content (AvgIpc) is 3.67. The summed E-state index contributed by atoms with van der Waals surface area (Å²) in [6, 6.07) is 0.00597. The summed E-state index contributed by atoms with van der Waals surface area (Å²) in [5, 5.41) is 0. The Bertz CT molecular complexity index is 1100. The van der Waals surface area contributed by atoms with Crippen molar-refractivity contribution in [1.82, 2.24) is 4.90 Å². The van der Waals surface area contributed by atoms with Crippen LogP contribution in [0.25, 0.3) is 0 Å². The van der Waals surface area contributed by atoms with Crippen LogP contribution in [-0.4, -0.2) is 75.0 Å². The van der Waals surface area contributed by atoms with Crippen LogP contribution < -0.4 is 0 Å². The summed E-state index contributed by atoms with van der Waals surface area (Å²) < 4.78 is 23.8. The number of allylic oxidation sites excluding steroid dienone is 6. The lowest BCUT2D eigenvalue weighted by atomic mass is 9.99. The molecule has 1 fully saturated rings. The van der Waals surface area contributed by atoms with Gasteiger partial charge in [0.15, 0.2) is 6.29 Å². The number of ketones is 1. The smallest absolute Gasteiger partial charge is 0.305 e. The minimum Gasteiger partial charge on any atom is -0.465 e. The second kappa shape index (κ2) is 39.8. The van der Waals surface area contributed by atoms with Crippen molar-refractivity contribution in [2.24, 2.45) is 11.8 Å². The first-order valence-electron chi connectivity index (χ1n) is 24.5. The third-order valence-electron chi connectivity index (χ3n) is 11.5. The molecule has 8 heteroatoms. The summed E-state index contributed by atoms with van der Waals surface area (Å²) in [6.45, 7) is 11.6. The van der Waals surface area contributed by atoms with Crippen LogP contribution in [0, 0.1) is 11.8 Å². The zero-order chi connectivity index (χ0) is 43.0. The van der Waals surface area contributed by atoms with Gasteiger partial charge in [-0.3, -0.25) is 19.3 Å². The highest BCUT2D eigenvalue weighted by Gasteiger charge is 2.27. The molecule has 0 radical (unpaired) electrons. The third kappa shape index (κ3) is 33.1. The SMILES string of the molecule is CCCCC/C=C\C/C=C\C=C\CCCCCC(=O)OCC(CCCC(=O)[C@H]1CCCN1C)COC(=O)CCC(OCCCCCCCC)OCCCC[C@H](C)CCC. The van der Waals surface area contributed by atoms with Crippen LogP contribution in [0.4, 0.5) is 0 Å². The lowest BCUT2D eigenvalue weighted by Gasteiger charge is -2.21. The molecule has 59 heavy (non-hydrogen) atoms. The molecule has 342 valence electrons. The molecule has 1 aliphatic heterocycles. The average molecular weight is 830 g/mol. The van der Waals surface area contributed by atoms with Gasteiger partial charge in [0, 0.05) is 38.4 Å². The van der Waals surface area contributed by atoms with E-state index in [1.165, 1.54) is 70.6 Å². The van der Waals surface area contributed by atoms with E-state index >= 15 is 0 Å². The van der Waals surface area contributed by atoms with Crippen molar-refractivity contribution in [2.75, 3.05) is 40.0 Å². The highest BCUT2D eigenvalue weighted by Crippen LogP contribution is 2.20. The molecule has 0 aromatic carbocycles. The van der Waals surface area contributed by atoms with Gasteiger partial charge in [0.25, 0.3) is 0 Å². The molecule has 1 saturated heterocycles. The van der Waals surface area contributed by atoms with E-state index < -0.39 is 6.29 Å². The monoisotopic (exact) mass is 830 g/mol. The van der Waals surface area contributed by atoms with Gasteiger partial charge in [-0.05, 0) is 96.6 Å². The zero-order valence-electron chi connectivity index (χ0n) is 38.9. The van der Waals surface area contributed by atoms with Crippen LogP contribution in [0.3, 0.4) is 0 Å². The Morgan fingerprint density at radius 3 is 1.95 bits per heavy atom. The van der Waals surface area contributed by atoms with E-state index in [0.29, 0.717) is 45.3 Å². The van der Waals surface area contributed by atoms with Crippen LogP contribution in [-0.2, 0) is 33.3 Å². The molecular formula is C51H91NO7. The second-order valence-electron chi connectivity index (χ2n) is 17.3. The first-order valence-corrected chi connectivity index (χ1v) is 24.5. The Hall–Kier alpha value is -2.29. The van der Waals surface area contributed by atoms with Crippen molar-refractivity contribution in [1.29, 1.82) is 0 Å². The van der Waals surface area contributed by atoms with Gasteiger partial charge in [0.1, 0.15) is 5.78 Å². The lowest BCUT2D eigenvalue weighted by Crippen LogP contribution is -2.32. The quantitative estimate of drug-likeness (QED) is 0.0198. The van der Waals surface area contributed by atoms with Gasteiger partial charge in [0.2, 0.25) is 0 Å². The molecule has 4 atom stereocenters. The molecule has 0 N–H and O–H groups in total.